The number of nitrogens with one attached hydrogen (secondary N) is 1. The van der Waals surface area contributed by atoms with Gasteiger partial charge in [-0.2, -0.15) is 4.98 Å². The molecule has 0 unspecified atom stereocenters. The van der Waals surface area contributed by atoms with Crippen molar-refractivity contribution < 1.29 is 13.9 Å². The molecule has 22 heavy (non-hydrogen) atoms. The first-order valence-corrected chi connectivity index (χ1v) is 8.02. The second-order valence-corrected chi connectivity index (χ2v) is 5.34. The second kappa shape index (κ2) is 7.82. The van der Waals surface area contributed by atoms with Gasteiger partial charge in [-0.3, -0.25) is 4.79 Å². The summed E-state index contributed by atoms with van der Waals surface area (Å²) in [4.78, 5) is 16.6. The van der Waals surface area contributed by atoms with Crippen molar-refractivity contribution in [1.29, 1.82) is 0 Å². The number of ether oxygens (including phenoxy) is 1. The zero-order chi connectivity index (χ0) is 15.9. The molecule has 1 amide bonds. The average molecular weight is 304 g/mol. The molecule has 0 spiro atoms. The number of carbonyl (C=O) groups is 1. The predicted molar refractivity (Wildman–Crippen MR) is 86.2 cm³/mol. The molecule has 0 aliphatic heterocycles. The third kappa shape index (κ3) is 4.00. The summed E-state index contributed by atoms with van der Waals surface area (Å²) < 4.78 is 10.7. The summed E-state index contributed by atoms with van der Waals surface area (Å²) in [5.74, 6) is -0.0604. The smallest absolute Gasteiger partial charge is 0.394 e. The van der Waals surface area contributed by atoms with E-state index in [9.17, 15) is 4.79 Å². The van der Waals surface area contributed by atoms with E-state index < -0.39 is 0 Å². The van der Waals surface area contributed by atoms with Gasteiger partial charge in [0.25, 0.3) is 5.91 Å². The Kier molecular flexibility index (Phi) is 5.81. The van der Waals surface area contributed by atoms with Crippen molar-refractivity contribution in [1.82, 2.24) is 10.3 Å². The summed E-state index contributed by atoms with van der Waals surface area (Å²) in [5, 5.41) is 3.10. The van der Waals surface area contributed by atoms with Gasteiger partial charge in [-0.05, 0) is 38.0 Å². The third-order valence-electron chi connectivity index (χ3n) is 3.51. The highest BCUT2D eigenvalue weighted by Crippen LogP contribution is 2.21. The minimum atomic E-state index is -0.0604. The van der Waals surface area contributed by atoms with Crippen LogP contribution in [0.1, 0.15) is 56.8 Å². The maximum atomic E-state index is 12.4. The average Bonchev–Trinajstić information content (AvgIpc) is 2.89. The van der Waals surface area contributed by atoms with Gasteiger partial charge < -0.3 is 14.5 Å². The number of rotatable bonds is 8. The van der Waals surface area contributed by atoms with Crippen molar-refractivity contribution in [2.24, 2.45) is 0 Å². The Morgan fingerprint density at radius 1 is 1.27 bits per heavy atom. The van der Waals surface area contributed by atoms with E-state index in [4.69, 9.17) is 9.15 Å². The van der Waals surface area contributed by atoms with Crippen LogP contribution in [-0.2, 0) is 0 Å². The zero-order valence-electron chi connectivity index (χ0n) is 13.5. The monoisotopic (exact) mass is 304 g/mol. The van der Waals surface area contributed by atoms with Gasteiger partial charge in [0.2, 0.25) is 0 Å². The molecule has 0 radical (unpaired) electrons. The molecule has 2 aromatic rings. The molecule has 2 rings (SSSR count). The second-order valence-electron chi connectivity index (χ2n) is 5.34. The molecule has 0 aliphatic rings. The number of benzene rings is 1. The SMILES string of the molecule is CCCC(CCC)NC(=O)c1ccc2oc(OCC)nc2c1. The number of oxazole rings is 1. The largest absolute Gasteiger partial charge is 0.450 e. The van der Waals surface area contributed by atoms with E-state index >= 15 is 0 Å². The van der Waals surface area contributed by atoms with E-state index in [1.807, 2.05) is 6.92 Å². The molecule has 120 valence electrons. The molecule has 5 heteroatoms. The van der Waals surface area contributed by atoms with Crippen molar-refractivity contribution in [3.8, 4) is 6.08 Å². The lowest BCUT2D eigenvalue weighted by molar-refractivity contribution is 0.0932. The lowest BCUT2D eigenvalue weighted by Gasteiger charge is -2.17. The van der Waals surface area contributed by atoms with E-state index in [2.05, 4.69) is 24.1 Å². The van der Waals surface area contributed by atoms with Crippen molar-refractivity contribution >= 4 is 17.0 Å². The van der Waals surface area contributed by atoms with Crippen LogP contribution in [0.5, 0.6) is 6.08 Å². The van der Waals surface area contributed by atoms with Gasteiger partial charge in [0.1, 0.15) is 5.52 Å². The third-order valence-corrected chi connectivity index (χ3v) is 3.51. The summed E-state index contributed by atoms with van der Waals surface area (Å²) in [5.41, 5.74) is 1.86. The molecule has 1 aromatic carbocycles. The van der Waals surface area contributed by atoms with E-state index in [0.717, 1.165) is 25.7 Å². The summed E-state index contributed by atoms with van der Waals surface area (Å²) in [6.45, 7) is 6.63. The highest BCUT2D eigenvalue weighted by molar-refractivity contribution is 5.97. The number of fused-ring (bicyclic) bond motifs is 1. The molecule has 5 nitrogen and oxygen atoms in total. The van der Waals surface area contributed by atoms with Crippen LogP contribution in [0.3, 0.4) is 0 Å². The highest BCUT2D eigenvalue weighted by Gasteiger charge is 2.14. The number of amides is 1. The van der Waals surface area contributed by atoms with Gasteiger partial charge in [-0.1, -0.05) is 26.7 Å². The molecule has 1 heterocycles. The van der Waals surface area contributed by atoms with Crippen LogP contribution in [0.25, 0.3) is 11.1 Å². The fraction of sp³-hybridized carbons (Fsp3) is 0.529. The first kappa shape index (κ1) is 16.3. The van der Waals surface area contributed by atoms with Crippen LogP contribution >= 0.6 is 0 Å². The predicted octanol–water partition coefficient (Wildman–Crippen LogP) is 3.93. The number of nitrogens with zero attached hydrogens (tertiary/aromatic N) is 1. The van der Waals surface area contributed by atoms with Crippen LogP contribution in [0.2, 0.25) is 0 Å². The zero-order valence-corrected chi connectivity index (χ0v) is 13.5. The van der Waals surface area contributed by atoms with E-state index in [-0.39, 0.29) is 18.0 Å². The number of aromatic nitrogens is 1. The Morgan fingerprint density at radius 2 is 2.00 bits per heavy atom. The van der Waals surface area contributed by atoms with Crippen LogP contribution in [-0.4, -0.2) is 23.5 Å². The van der Waals surface area contributed by atoms with Crippen molar-refractivity contribution in [3.63, 3.8) is 0 Å². The molecule has 0 saturated heterocycles. The van der Waals surface area contributed by atoms with Crippen LogP contribution in [0.15, 0.2) is 22.6 Å². The molecular weight excluding hydrogens is 280 g/mol. The Balaban J connectivity index is 2.13. The molecule has 0 bridgehead atoms. The number of hydrogen-bond acceptors (Lipinski definition) is 4. The van der Waals surface area contributed by atoms with Crippen LogP contribution < -0.4 is 10.1 Å². The van der Waals surface area contributed by atoms with Gasteiger partial charge in [0, 0.05) is 11.6 Å². The molecule has 1 N–H and O–H groups in total. The molecular formula is C17H24N2O3. The standard InChI is InChI=1S/C17H24N2O3/c1-4-7-13(8-5-2)18-16(20)12-9-10-15-14(11-12)19-17(22-15)21-6-3/h9-11,13H,4-8H2,1-3H3,(H,18,20). The van der Waals surface area contributed by atoms with Crippen molar-refractivity contribution in [2.75, 3.05) is 6.61 Å². The Morgan fingerprint density at radius 3 is 2.64 bits per heavy atom. The summed E-state index contributed by atoms with van der Waals surface area (Å²) in [6.07, 6.45) is 4.36. The minimum Gasteiger partial charge on any atom is -0.450 e. The fourth-order valence-electron chi connectivity index (χ4n) is 2.49. The first-order valence-electron chi connectivity index (χ1n) is 8.02. The highest BCUT2D eigenvalue weighted by atomic mass is 16.6. The topological polar surface area (TPSA) is 64.4 Å². The molecule has 0 saturated carbocycles. The Hall–Kier alpha value is -2.04. The molecule has 0 atom stereocenters. The fourth-order valence-corrected chi connectivity index (χ4v) is 2.49. The first-order chi connectivity index (χ1) is 10.7. The van der Waals surface area contributed by atoms with E-state index in [0.29, 0.717) is 23.3 Å². The Labute approximate surface area is 131 Å². The lowest BCUT2D eigenvalue weighted by Crippen LogP contribution is -2.34. The quantitative estimate of drug-likeness (QED) is 0.802. The van der Waals surface area contributed by atoms with E-state index in [1.54, 1.807) is 18.2 Å². The summed E-state index contributed by atoms with van der Waals surface area (Å²) in [7, 11) is 0. The van der Waals surface area contributed by atoms with Gasteiger partial charge >= 0.3 is 6.08 Å². The van der Waals surface area contributed by atoms with Crippen LogP contribution in [0.4, 0.5) is 0 Å². The van der Waals surface area contributed by atoms with Crippen molar-refractivity contribution in [2.45, 2.75) is 52.5 Å². The van der Waals surface area contributed by atoms with E-state index in [1.165, 1.54) is 0 Å². The number of carbonyl (C=O) groups excluding carboxylic acids is 1. The number of hydrogen-bond donors (Lipinski definition) is 1. The van der Waals surface area contributed by atoms with Gasteiger partial charge in [-0.15, -0.1) is 0 Å². The maximum absolute atomic E-state index is 12.4. The molecule has 1 aromatic heterocycles. The lowest BCUT2D eigenvalue weighted by atomic mass is 10.1. The molecule has 0 aliphatic carbocycles. The van der Waals surface area contributed by atoms with Gasteiger partial charge in [0.05, 0.1) is 6.61 Å². The minimum absolute atomic E-state index is 0.0604. The maximum Gasteiger partial charge on any atom is 0.394 e. The van der Waals surface area contributed by atoms with Crippen molar-refractivity contribution in [3.05, 3.63) is 23.8 Å². The molecule has 0 fully saturated rings. The Bertz CT molecular complexity index is 615. The summed E-state index contributed by atoms with van der Waals surface area (Å²) >= 11 is 0. The van der Waals surface area contributed by atoms with Crippen LogP contribution in [0, 0.1) is 0 Å². The van der Waals surface area contributed by atoms with Gasteiger partial charge in [-0.25, -0.2) is 0 Å². The summed E-state index contributed by atoms with van der Waals surface area (Å²) in [6, 6.07) is 5.49. The normalized spacial score (nSPS) is 11.1. The van der Waals surface area contributed by atoms with Gasteiger partial charge in [0.15, 0.2) is 5.58 Å².